The van der Waals surface area contributed by atoms with Gasteiger partial charge in [0.2, 0.25) is 0 Å². The van der Waals surface area contributed by atoms with Crippen molar-refractivity contribution in [3.63, 3.8) is 0 Å². The molecule has 1 unspecified atom stereocenters. The van der Waals surface area contributed by atoms with Crippen LogP contribution in [0.4, 0.5) is 0 Å². The largest absolute Gasteiger partial charge is 0.383 e. The van der Waals surface area contributed by atoms with Crippen molar-refractivity contribution < 1.29 is 9.47 Å². The van der Waals surface area contributed by atoms with E-state index in [1.807, 2.05) is 0 Å². The molecule has 0 aromatic rings. The minimum absolute atomic E-state index is 0.478. The highest BCUT2D eigenvalue weighted by Crippen LogP contribution is 2.20. The summed E-state index contributed by atoms with van der Waals surface area (Å²) in [4.78, 5) is 2.56. The third kappa shape index (κ3) is 4.50. The molecular formula is C14H28N2O2. The Kier molecular flexibility index (Phi) is 5.89. The normalized spacial score (nSPS) is 24.3. The first-order chi connectivity index (χ1) is 8.83. The van der Waals surface area contributed by atoms with Crippen molar-refractivity contribution in [2.24, 2.45) is 0 Å². The number of ether oxygens (including phenoxy) is 2. The summed E-state index contributed by atoms with van der Waals surface area (Å²) >= 11 is 0. The lowest BCUT2D eigenvalue weighted by molar-refractivity contribution is -0.00694. The van der Waals surface area contributed by atoms with Crippen LogP contribution in [-0.2, 0) is 9.47 Å². The number of likely N-dealkylation sites (tertiary alicyclic amines) is 1. The molecule has 0 bridgehead atoms. The van der Waals surface area contributed by atoms with Gasteiger partial charge in [0.1, 0.15) is 0 Å². The maximum atomic E-state index is 5.71. The van der Waals surface area contributed by atoms with Crippen LogP contribution in [0.2, 0.25) is 0 Å². The number of methoxy groups -OCH3 is 1. The summed E-state index contributed by atoms with van der Waals surface area (Å²) in [6.45, 7) is 7.11. The first-order valence-corrected chi connectivity index (χ1v) is 7.41. The molecule has 1 aliphatic carbocycles. The van der Waals surface area contributed by atoms with Crippen LogP contribution in [0.1, 0.15) is 32.6 Å². The first-order valence-electron chi connectivity index (χ1n) is 7.41. The van der Waals surface area contributed by atoms with Crippen LogP contribution in [0, 0.1) is 0 Å². The van der Waals surface area contributed by atoms with E-state index in [-0.39, 0.29) is 0 Å². The van der Waals surface area contributed by atoms with Crippen LogP contribution >= 0.6 is 0 Å². The zero-order valence-corrected chi connectivity index (χ0v) is 11.9. The summed E-state index contributed by atoms with van der Waals surface area (Å²) in [5, 5.41) is 3.62. The highest BCUT2D eigenvalue weighted by molar-refractivity contribution is 4.86. The van der Waals surface area contributed by atoms with E-state index >= 15 is 0 Å². The summed E-state index contributed by atoms with van der Waals surface area (Å²) in [5.41, 5.74) is 0. The molecule has 4 heteroatoms. The van der Waals surface area contributed by atoms with E-state index < -0.39 is 0 Å². The molecule has 2 aliphatic rings. The molecule has 2 rings (SSSR count). The van der Waals surface area contributed by atoms with Crippen LogP contribution in [-0.4, -0.2) is 63.0 Å². The predicted molar refractivity (Wildman–Crippen MR) is 72.9 cm³/mol. The SMILES string of the molecule is CCOC1CCN(C(CNC2CC2)COC)CC1. The number of hydrogen-bond acceptors (Lipinski definition) is 4. The van der Waals surface area contributed by atoms with E-state index in [1.54, 1.807) is 7.11 Å². The molecule has 0 spiro atoms. The van der Waals surface area contributed by atoms with Crippen molar-refractivity contribution in [3.05, 3.63) is 0 Å². The first kappa shape index (κ1) is 14.3. The molecule has 0 amide bonds. The molecule has 0 aromatic carbocycles. The maximum absolute atomic E-state index is 5.71. The molecule has 1 atom stereocenters. The van der Waals surface area contributed by atoms with Crippen molar-refractivity contribution in [1.29, 1.82) is 0 Å². The topological polar surface area (TPSA) is 33.7 Å². The predicted octanol–water partition coefficient (Wildman–Crippen LogP) is 1.25. The lowest BCUT2D eigenvalue weighted by Crippen LogP contribution is -2.50. The van der Waals surface area contributed by atoms with E-state index in [0.717, 1.165) is 51.7 Å². The van der Waals surface area contributed by atoms with Gasteiger partial charge in [-0.1, -0.05) is 0 Å². The zero-order chi connectivity index (χ0) is 12.8. The molecule has 0 radical (unpaired) electrons. The van der Waals surface area contributed by atoms with Gasteiger partial charge < -0.3 is 14.8 Å². The fourth-order valence-electron chi connectivity index (χ4n) is 2.72. The van der Waals surface area contributed by atoms with Crippen LogP contribution < -0.4 is 5.32 Å². The number of nitrogens with zero attached hydrogens (tertiary/aromatic N) is 1. The molecule has 0 aromatic heterocycles. The Bertz CT molecular complexity index is 226. The van der Waals surface area contributed by atoms with Gasteiger partial charge in [0.05, 0.1) is 12.7 Å². The average molecular weight is 256 g/mol. The minimum atomic E-state index is 0.478. The van der Waals surface area contributed by atoms with Crippen molar-refractivity contribution in [3.8, 4) is 0 Å². The van der Waals surface area contributed by atoms with Crippen LogP contribution in [0.15, 0.2) is 0 Å². The fourth-order valence-corrected chi connectivity index (χ4v) is 2.72. The second-order valence-corrected chi connectivity index (χ2v) is 5.48. The van der Waals surface area contributed by atoms with Gasteiger partial charge in [-0.25, -0.2) is 0 Å². The van der Waals surface area contributed by atoms with E-state index in [4.69, 9.17) is 9.47 Å². The molecule has 4 nitrogen and oxygen atoms in total. The smallest absolute Gasteiger partial charge is 0.0630 e. The van der Waals surface area contributed by atoms with Crippen LogP contribution in [0.5, 0.6) is 0 Å². The van der Waals surface area contributed by atoms with Crippen molar-refractivity contribution >= 4 is 0 Å². The van der Waals surface area contributed by atoms with Gasteiger partial charge in [0.15, 0.2) is 0 Å². The Balaban J connectivity index is 1.72. The second kappa shape index (κ2) is 7.43. The Hall–Kier alpha value is -0.160. The average Bonchev–Trinajstić information content (AvgIpc) is 3.20. The highest BCUT2D eigenvalue weighted by Gasteiger charge is 2.27. The van der Waals surface area contributed by atoms with Gasteiger partial charge >= 0.3 is 0 Å². The molecule has 18 heavy (non-hydrogen) atoms. The lowest BCUT2D eigenvalue weighted by Gasteiger charge is -2.37. The zero-order valence-electron chi connectivity index (χ0n) is 11.9. The third-order valence-corrected chi connectivity index (χ3v) is 3.97. The monoisotopic (exact) mass is 256 g/mol. The number of piperidine rings is 1. The molecule has 1 heterocycles. The van der Waals surface area contributed by atoms with Crippen LogP contribution in [0.25, 0.3) is 0 Å². The number of hydrogen-bond donors (Lipinski definition) is 1. The van der Waals surface area contributed by atoms with Gasteiger partial charge in [0, 0.05) is 45.4 Å². The number of nitrogens with one attached hydrogen (secondary N) is 1. The maximum Gasteiger partial charge on any atom is 0.0630 e. The molecule has 2 fully saturated rings. The van der Waals surface area contributed by atoms with Gasteiger partial charge in [-0.3, -0.25) is 4.90 Å². The van der Waals surface area contributed by atoms with Crippen molar-refractivity contribution in [1.82, 2.24) is 10.2 Å². The summed E-state index contributed by atoms with van der Waals surface area (Å²) in [6, 6.07) is 1.31. The van der Waals surface area contributed by atoms with Gasteiger partial charge in [-0.2, -0.15) is 0 Å². The Morgan fingerprint density at radius 3 is 2.50 bits per heavy atom. The third-order valence-electron chi connectivity index (χ3n) is 3.97. The standard InChI is InChI=1S/C14H28N2O2/c1-3-18-14-6-8-16(9-7-14)13(11-17-2)10-15-12-4-5-12/h12-15H,3-11H2,1-2H3. The van der Waals surface area contributed by atoms with E-state index in [2.05, 4.69) is 17.1 Å². The van der Waals surface area contributed by atoms with E-state index in [1.165, 1.54) is 12.8 Å². The summed E-state index contributed by atoms with van der Waals surface area (Å²) in [6.07, 6.45) is 5.51. The second-order valence-electron chi connectivity index (χ2n) is 5.48. The summed E-state index contributed by atoms with van der Waals surface area (Å²) in [7, 11) is 1.80. The molecular weight excluding hydrogens is 228 g/mol. The van der Waals surface area contributed by atoms with Crippen molar-refractivity contribution in [2.75, 3.05) is 40.0 Å². The molecule has 106 valence electrons. The summed E-state index contributed by atoms with van der Waals surface area (Å²) in [5.74, 6) is 0. The van der Waals surface area contributed by atoms with Crippen molar-refractivity contribution in [2.45, 2.75) is 50.8 Å². The summed E-state index contributed by atoms with van der Waals surface area (Å²) < 4.78 is 11.1. The lowest BCUT2D eigenvalue weighted by atomic mass is 10.1. The Morgan fingerprint density at radius 1 is 1.22 bits per heavy atom. The Labute approximate surface area is 111 Å². The van der Waals surface area contributed by atoms with Gasteiger partial charge in [-0.05, 0) is 32.6 Å². The van der Waals surface area contributed by atoms with Gasteiger partial charge in [0.25, 0.3) is 0 Å². The molecule has 1 saturated carbocycles. The number of rotatable bonds is 8. The minimum Gasteiger partial charge on any atom is -0.383 e. The highest BCUT2D eigenvalue weighted by atomic mass is 16.5. The van der Waals surface area contributed by atoms with E-state index in [9.17, 15) is 0 Å². The quantitative estimate of drug-likeness (QED) is 0.709. The van der Waals surface area contributed by atoms with Gasteiger partial charge in [-0.15, -0.1) is 0 Å². The molecule has 1 aliphatic heterocycles. The molecule has 1 saturated heterocycles. The fraction of sp³-hybridized carbons (Fsp3) is 1.00. The van der Waals surface area contributed by atoms with Crippen LogP contribution in [0.3, 0.4) is 0 Å². The van der Waals surface area contributed by atoms with E-state index in [0.29, 0.717) is 12.1 Å². The Morgan fingerprint density at radius 2 is 1.94 bits per heavy atom. The molecule has 1 N–H and O–H groups in total.